The Balaban J connectivity index is 1.85. The molecule has 0 aliphatic carbocycles. The van der Waals surface area contributed by atoms with E-state index in [9.17, 15) is 13.2 Å². The maximum absolute atomic E-state index is 12.1. The number of ether oxygens (including phenoxy) is 1. The highest BCUT2D eigenvalue weighted by Gasteiger charge is 2.26. The van der Waals surface area contributed by atoms with E-state index in [-0.39, 0.29) is 13.0 Å². The van der Waals surface area contributed by atoms with Gasteiger partial charge in [0.05, 0.1) is 6.61 Å². The number of nitrogens with zero attached hydrogens (tertiary/aromatic N) is 1. The van der Waals surface area contributed by atoms with Crippen molar-refractivity contribution in [3.63, 3.8) is 0 Å². The van der Waals surface area contributed by atoms with Gasteiger partial charge in [-0.3, -0.25) is 0 Å². The van der Waals surface area contributed by atoms with Crippen LogP contribution in [0, 0.1) is 0 Å². The lowest BCUT2D eigenvalue weighted by Gasteiger charge is -2.22. The molecule has 3 nitrogen and oxygen atoms in total. The zero-order valence-corrected chi connectivity index (χ0v) is 12.0. The van der Waals surface area contributed by atoms with Gasteiger partial charge in [-0.1, -0.05) is 6.07 Å². The van der Waals surface area contributed by atoms with Gasteiger partial charge in [0, 0.05) is 37.8 Å². The van der Waals surface area contributed by atoms with Gasteiger partial charge in [-0.2, -0.15) is 13.2 Å². The minimum atomic E-state index is -4.11. The fourth-order valence-corrected chi connectivity index (χ4v) is 2.34. The summed E-state index contributed by atoms with van der Waals surface area (Å²) in [7, 11) is 0. The molecule has 118 valence electrons. The minimum Gasteiger partial charge on any atom is -0.494 e. The third-order valence-electron chi connectivity index (χ3n) is 3.40. The molecule has 0 saturated carbocycles. The van der Waals surface area contributed by atoms with Crippen molar-refractivity contribution in [1.29, 1.82) is 0 Å². The zero-order valence-electron chi connectivity index (χ0n) is 12.0. The van der Waals surface area contributed by atoms with Crippen LogP contribution in [0.2, 0.25) is 0 Å². The van der Waals surface area contributed by atoms with E-state index < -0.39 is 12.6 Å². The highest BCUT2D eigenvalue weighted by atomic mass is 19.4. The van der Waals surface area contributed by atoms with Gasteiger partial charge in [-0.25, -0.2) is 0 Å². The molecule has 0 amide bonds. The van der Waals surface area contributed by atoms with E-state index in [1.165, 1.54) is 0 Å². The Labute approximate surface area is 123 Å². The summed E-state index contributed by atoms with van der Waals surface area (Å²) < 4.78 is 41.6. The van der Waals surface area contributed by atoms with Gasteiger partial charge in [0.25, 0.3) is 0 Å². The van der Waals surface area contributed by atoms with Crippen molar-refractivity contribution in [2.24, 2.45) is 0 Å². The largest absolute Gasteiger partial charge is 0.494 e. The summed E-state index contributed by atoms with van der Waals surface area (Å²) in [6.07, 6.45) is -3.84. The van der Waals surface area contributed by atoms with E-state index in [1.807, 2.05) is 18.2 Å². The maximum Gasteiger partial charge on any atom is 0.389 e. The highest BCUT2D eigenvalue weighted by Crippen LogP contribution is 2.24. The quantitative estimate of drug-likeness (QED) is 0.845. The van der Waals surface area contributed by atoms with Crippen LogP contribution in [0.5, 0.6) is 5.75 Å². The van der Waals surface area contributed by atoms with Crippen LogP contribution in [0.3, 0.4) is 0 Å². The molecule has 1 aromatic carbocycles. The second-order valence-corrected chi connectivity index (χ2v) is 5.16. The number of hydrogen-bond donors (Lipinski definition) is 1. The van der Waals surface area contributed by atoms with Crippen molar-refractivity contribution in [2.75, 3.05) is 37.7 Å². The number of halogens is 3. The molecule has 1 aliphatic rings. The van der Waals surface area contributed by atoms with E-state index >= 15 is 0 Å². The molecule has 1 N–H and O–H groups in total. The molecule has 1 aromatic rings. The molecule has 0 bridgehead atoms. The average Bonchev–Trinajstić information content (AvgIpc) is 2.72. The second kappa shape index (κ2) is 7.54. The Morgan fingerprint density at radius 1 is 1.19 bits per heavy atom. The summed E-state index contributed by atoms with van der Waals surface area (Å²) in [5.41, 5.74) is 1.06. The predicted octanol–water partition coefficient (Wildman–Crippen LogP) is 3.21. The zero-order chi connectivity index (χ0) is 15.1. The molecule has 0 aromatic heterocycles. The van der Waals surface area contributed by atoms with Gasteiger partial charge in [-0.15, -0.1) is 0 Å². The summed E-state index contributed by atoms with van der Waals surface area (Å²) in [4.78, 5) is 2.27. The van der Waals surface area contributed by atoms with E-state index in [0.29, 0.717) is 5.75 Å². The molecule has 0 radical (unpaired) electrons. The molecule has 0 spiro atoms. The average molecular weight is 302 g/mol. The minimum absolute atomic E-state index is 0.0125. The molecule has 0 unspecified atom stereocenters. The maximum atomic E-state index is 12.1. The van der Waals surface area contributed by atoms with E-state index in [0.717, 1.165) is 38.3 Å². The monoisotopic (exact) mass is 302 g/mol. The Kier molecular flexibility index (Phi) is 5.73. The second-order valence-electron chi connectivity index (χ2n) is 5.16. The molecule has 1 fully saturated rings. The highest BCUT2D eigenvalue weighted by molar-refractivity contribution is 5.50. The van der Waals surface area contributed by atoms with Crippen molar-refractivity contribution in [3.05, 3.63) is 24.3 Å². The number of anilines is 1. The number of hydrogen-bond acceptors (Lipinski definition) is 3. The summed E-state index contributed by atoms with van der Waals surface area (Å²) >= 11 is 0. The third kappa shape index (κ3) is 5.83. The molecule has 1 saturated heterocycles. The Morgan fingerprint density at radius 3 is 2.86 bits per heavy atom. The fraction of sp³-hybridized carbons (Fsp3) is 0.600. The molecule has 2 rings (SSSR count). The van der Waals surface area contributed by atoms with Crippen LogP contribution in [0.1, 0.15) is 19.3 Å². The van der Waals surface area contributed by atoms with Gasteiger partial charge in [-0.05, 0) is 31.5 Å². The standard InChI is InChI=1S/C15H21F3N2O/c16-15(17,18)6-2-11-21-14-5-1-4-13(12-14)20-9-3-7-19-8-10-20/h1,4-5,12,19H,2-3,6-11H2. The smallest absolute Gasteiger partial charge is 0.389 e. The summed E-state index contributed by atoms with van der Waals surface area (Å²) in [6, 6.07) is 7.58. The number of alkyl halides is 3. The van der Waals surface area contributed by atoms with Crippen molar-refractivity contribution in [2.45, 2.75) is 25.4 Å². The third-order valence-corrected chi connectivity index (χ3v) is 3.40. The first-order chi connectivity index (χ1) is 10.0. The SMILES string of the molecule is FC(F)(F)CCCOc1cccc(N2CCCNCC2)c1. The fourth-order valence-electron chi connectivity index (χ4n) is 2.34. The molecule has 6 heteroatoms. The van der Waals surface area contributed by atoms with E-state index in [1.54, 1.807) is 6.07 Å². The van der Waals surface area contributed by atoms with Gasteiger partial charge in [0.2, 0.25) is 0 Å². The molecule has 1 heterocycles. The van der Waals surface area contributed by atoms with Crippen LogP contribution in [-0.2, 0) is 0 Å². The van der Waals surface area contributed by atoms with E-state index in [2.05, 4.69) is 10.2 Å². The van der Waals surface area contributed by atoms with Crippen LogP contribution in [0.4, 0.5) is 18.9 Å². The number of benzene rings is 1. The lowest BCUT2D eigenvalue weighted by Crippen LogP contribution is -2.27. The van der Waals surface area contributed by atoms with Gasteiger partial charge in [0.1, 0.15) is 5.75 Å². The first-order valence-corrected chi connectivity index (χ1v) is 7.30. The first kappa shape index (κ1) is 15.9. The Morgan fingerprint density at radius 2 is 2.05 bits per heavy atom. The molecule has 0 atom stereocenters. The number of rotatable bonds is 5. The molecule has 1 aliphatic heterocycles. The van der Waals surface area contributed by atoms with Crippen molar-refractivity contribution < 1.29 is 17.9 Å². The van der Waals surface area contributed by atoms with Crippen LogP contribution >= 0.6 is 0 Å². The van der Waals surface area contributed by atoms with Crippen LogP contribution in [-0.4, -0.2) is 39.0 Å². The van der Waals surface area contributed by atoms with Gasteiger partial charge in [0.15, 0.2) is 0 Å². The van der Waals surface area contributed by atoms with Crippen molar-refractivity contribution >= 4 is 5.69 Å². The summed E-state index contributed by atoms with van der Waals surface area (Å²) in [6.45, 7) is 3.95. The van der Waals surface area contributed by atoms with Crippen LogP contribution in [0.25, 0.3) is 0 Å². The lowest BCUT2D eigenvalue weighted by molar-refractivity contribution is -0.136. The topological polar surface area (TPSA) is 24.5 Å². The van der Waals surface area contributed by atoms with Gasteiger partial charge < -0.3 is 15.0 Å². The van der Waals surface area contributed by atoms with Gasteiger partial charge >= 0.3 is 6.18 Å². The first-order valence-electron chi connectivity index (χ1n) is 7.30. The van der Waals surface area contributed by atoms with E-state index in [4.69, 9.17) is 4.74 Å². The predicted molar refractivity (Wildman–Crippen MR) is 76.9 cm³/mol. The Hall–Kier alpha value is -1.43. The lowest BCUT2D eigenvalue weighted by atomic mass is 10.2. The molecular formula is C15H21F3N2O. The molecular weight excluding hydrogens is 281 g/mol. The van der Waals surface area contributed by atoms with Crippen molar-refractivity contribution in [1.82, 2.24) is 5.32 Å². The summed E-state index contributed by atoms with van der Waals surface area (Å²) in [5.74, 6) is 0.631. The number of nitrogens with one attached hydrogen (secondary N) is 1. The van der Waals surface area contributed by atoms with Crippen LogP contribution < -0.4 is 15.0 Å². The van der Waals surface area contributed by atoms with Crippen molar-refractivity contribution in [3.8, 4) is 5.75 Å². The normalized spacial score (nSPS) is 16.6. The van der Waals surface area contributed by atoms with Crippen LogP contribution in [0.15, 0.2) is 24.3 Å². The Bertz CT molecular complexity index is 429. The molecule has 21 heavy (non-hydrogen) atoms. The summed E-state index contributed by atoms with van der Waals surface area (Å²) in [5, 5.41) is 3.34.